The number of carbonyl (C=O) groups excluding carboxylic acids is 3. The predicted octanol–water partition coefficient (Wildman–Crippen LogP) is 0.444. The molecule has 1 aromatic heterocycles. The van der Waals surface area contributed by atoms with Gasteiger partial charge in [-0.3, -0.25) is 30.6 Å². The van der Waals surface area contributed by atoms with Crippen molar-refractivity contribution in [3.8, 4) is 0 Å². The van der Waals surface area contributed by atoms with Crippen LogP contribution in [-0.2, 0) is 14.3 Å². The molecule has 1 saturated heterocycles. The number of hydrogen-bond acceptors (Lipinski definition) is 9. The molecule has 162 valence electrons. The lowest BCUT2D eigenvalue weighted by atomic mass is 10.2. The predicted molar refractivity (Wildman–Crippen MR) is 106 cm³/mol. The van der Waals surface area contributed by atoms with Crippen LogP contribution in [0.4, 0.5) is 11.5 Å². The molecule has 0 spiro atoms. The lowest BCUT2D eigenvalue weighted by molar-refractivity contribution is -0.384. The second kappa shape index (κ2) is 10.1. The molecule has 0 unspecified atom stereocenters. The molecule has 0 saturated carbocycles. The van der Waals surface area contributed by atoms with E-state index in [-0.39, 0.29) is 16.8 Å². The SMILES string of the molecule is O=C(COC(=O)c1ccc(N2CCOCC2)nc1)NNC(=O)c1ccc([N+](=O)[O-])cc1. The van der Waals surface area contributed by atoms with E-state index in [1.807, 2.05) is 4.90 Å². The molecule has 0 aliphatic carbocycles. The van der Waals surface area contributed by atoms with Crippen molar-refractivity contribution < 1.29 is 28.8 Å². The van der Waals surface area contributed by atoms with Crippen molar-refractivity contribution in [2.24, 2.45) is 0 Å². The summed E-state index contributed by atoms with van der Waals surface area (Å²) in [7, 11) is 0. The first-order chi connectivity index (χ1) is 14.9. The van der Waals surface area contributed by atoms with E-state index in [4.69, 9.17) is 9.47 Å². The van der Waals surface area contributed by atoms with E-state index in [2.05, 4.69) is 15.8 Å². The fraction of sp³-hybridized carbons (Fsp3) is 0.263. The van der Waals surface area contributed by atoms with Crippen molar-refractivity contribution in [1.82, 2.24) is 15.8 Å². The van der Waals surface area contributed by atoms with E-state index < -0.39 is 29.3 Å². The summed E-state index contributed by atoms with van der Waals surface area (Å²) in [4.78, 5) is 52.1. The molecular formula is C19H19N5O7. The lowest BCUT2D eigenvalue weighted by Gasteiger charge is -2.27. The Kier molecular flexibility index (Phi) is 7.06. The molecule has 2 N–H and O–H groups in total. The number of aromatic nitrogens is 1. The molecule has 1 aliphatic heterocycles. The highest BCUT2D eigenvalue weighted by Gasteiger charge is 2.15. The first kappa shape index (κ1) is 21.6. The first-order valence-corrected chi connectivity index (χ1v) is 9.23. The van der Waals surface area contributed by atoms with Crippen LogP contribution in [0.5, 0.6) is 0 Å². The molecule has 0 radical (unpaired) electrons. The Morgan fingerprint density at radius 1 is 1.06 bits per heavy atom. The Bertz CT molecular complexity index is 957. The second-order valence-electron chi connectivity index (χ2n) is 6.39. The molecule has 2 amide bonds. The summed E-state index contributed by atoms with van der Waals surface area (Å²) in [6.07, 6.45) is 1.36. The van der Waals surface area contributed by atoms with Crippen molar-refractivity contribution in [2.45, 2.75) is 0 Å². The number of pyridine rings is 1. The number of morpholine rings is 1. The van der Waals surface area contributed by atoms with Crippen LogP contribution in [0.15, 0.2) is 42.6 Å². The first-order valence-electron chi connectivity index (χ1n) is 9.23. The second-order valence-corrected chi connectivity index (χ2v) is 6.39. The van der Waals surface area contributed by atoms with Gasteiger partial charge in [-0.15, -0.1) is 0 Å². The van der Waals surface area contributed by atoms with Gasteiger partial charge in [0.1, 0.15) is 5.82 Å². The molecule has 2 aromatic rings. The number of nitrogens with one attached hydrogen (secondary N) is 2. The average Bonchev–Trinajstić information content (AvgIpc) is 2.81. The number of hydrazine groups is 1. The number of nitro benzene ring substituents is 1. The van der Waals surface area contributed by atoms with Crippen molar-refractivity contribution >= 4 is 29.3 Å². The van der Waals surface area contributed by atoms with Crippen LogP contribution in [0.25, 0.3) is 0 Å². The molecule has 1 aliphatic rings. The summed E-state index contributed by atoms with van der Waals surface area (Å²) in [5.74, 6) is -1.47. The van der Waals surface area contributed by atoms with Gasteiger partial charge in [0.2, 0.25) is 0 Å². The molecule has 2 heterocycles. The van der Waals surface area contributed by atoms with Gasteiger partial charge in [0, 0.05) is 37.0 Å². The summed E-state index contributed by atoms with van der Waals surface area (Å²) in [6, 6.07) is 8.05. The highest BCUT2D eigenvalue weighted by molar-refractivity contribution is 5.96. The van der Waals surface area contributed by atoms with Gasteiger partial charge in [-0.25, -0.2) is 9.78 Å². The average molecular weight is 429 g/mol. The van der Waals surface area contributed by atoms with Crippen molar-refractivity contribution in [2.75, 3.05) is 37.8 Å². The minimum Gasteiger partial charge on any atom is -0.452 e. The fourth-order valence-electron chi connectivity index (χ4n) is 2.67. The number of nitrogens with zero attached hydrogens (tertiary/aromatic N) is 3. The van der Waals surface area contributed by atoms with Crippen LogP contribution < -0.4 is 15.8 Å². The van der Waals surface area contributed by atoms with Gasteiger partial charge in [-0.1, -0.05) is 0 Å². The normalized spacial score (nSPS) is 13.2. The van der Waals surface area contributed by atoms with Gasteiger partial charge in [0.25, 0.3) is 17.5 Å². The molecule has 31 heavy (non-hydrogen) atoms. The number of amides is 2. The van der Waals surface area contributed by atoms with Crippen LogP contribution in [-0.4, -0.2) is 60.6 Å². The molecular weight excluding hydrogens is 410 g/mol. The molecule has 12 heteroatoms. The molecule has 1 aromatic carbocycles. The lowest BCUT2D eigenvalue weighted by Crippen LogP contribution is -2.43. The van der Waals surface area contributed by atoms with Crippen LogP contribution in [0.3, 0.4) is 0 Å². The van der Waals surface area contributed by atoms with Crippen molar-refractivity contribution in [1.29, 1.82) is 0 Å². The smallest absolute Gasteiger partial charge is 0.340 e. The van der Waals surface area contributed by atoms with Crippen LogP contribution in [0, 0.1) is 10.1 Å². The minimum atomic E-state index is -0.762. The maximum absolute atomic E-state index is 12.1. The van der Waals surface area contributed by atoms with Crippen LogP contribution >= 0.6 is 0 Å². The largest absolute Gasteiger partial charge is 0.452 e. The van der Waals surface area contributed by atoms with Gasteiger partial charge >= 0.3 is 5.97 Å². The number of hydrogen-bond donors (Lipinski definition) is 2. The third-order valence-corrected chi connectivity index (χ3v) is 4.31. The van der Waals surface area contributed by atoms with E-state index in [9.17, 15) is 24.5 Å². The van der Waals surface area contributed by atoms with E-state index in [1.165, 1.54) is 18.3 Å². The van der Waals surface area contributed by atoms with Gasteiger partial charge in [-0.2, -0.15) is 0 Å². The zero-order chi connectivity index (χ0) is 22.2. The van der Waals surface area contributed by atoms with Gasteiger partial charge < -0.3 is 14.4 Å². The summed E-state index contributed by atoms with van der Waals surface area (Å²) in [5.41, 5.74) is 4.34. The number of nitro groups is 1. The quantitative estimate of drug-likeness (QED) is 0.378. The highest BCUT2D eigenvalue weighted by atomic mass is 16.6. The third kappa shape index (κ3) is 5.96. The molecule has 0 atom stereocenters. The number of non-ortho nitro benzene ring substituents is 1. The van der Waals surface area contributed by atoms with Crippen molar-refractivity contribution in [3.05, 3.63) is 63.8 Å². The Morgan fingerprint density at radius 3 is 2.35 bits per heavy atom. The molecule has 3 rings (SSSR count). The zero-order valence-electron chi connectivity index (χ0n) is 16.3. The van der Waals surface area contributed by atoms with Gasteiger partial charge in [0.15, 0.2) is 6.61 Å². The van der Waals surface area contributed by atoms with Crippen molar-refractivity contribution in [3.63, 3.8) is 0 Å². The third-order valence-electron chi connectivity index (χ3n) is 4.31. The zero-order valence-corrected chi connectivity index (χ0v) is 16.3. The standard InChI is InChI=1S/C19H19N5O7/c25-17(21-22-18(26)13-1-4-15(5-2-13)24(28)29)12-31-19(27)14-3-6-16(20-11-14)23-7-9-30-10-8-23/h1-6,11H,7-10,12H2,(H,21,25)(H,22,26). The van der Waals surface area contributed by atoms with E-state index in [1.54, 1.807) is 12.1 Å². The van der Waals surface area contributed by atoms with E-state index >= 15 is 0 Å². The maximum atomic E-state index is 12.1. The molecule has 12 nitrogen and oxygen atoms in total. The Labute approximate surface area is 176 Å². The maximum Gasteiger partial charge on any atom is 0.340 e. The number of benzene rings is 1. The summed E-state index contributed by atoms with van der Waals surface area (Å²) >= 11 is 0. The van der Waals surface area contributed by atoms with Gasteiger partial charge in [0.05, 0.1) is 23.7 Å². The Hall–Kier alpha value is -4.06. The number of anilines is 1. The Morgan fingerprint density at radius 2 is 1.74 bits per heavy atom. The van der Waals surface area contributed by atoms with E-state index in [0.29, 0.717) is 32.1 Å². The fourth-order valence-corrected chi connectivity index (χ4v) is 2.67. The monoisotopic (exact) mass is 429 g/mol. The topological polar surface area (TPSA) is 153 Å². The highest BCUT2D eigenvalue weighted by Crippen LogP contribution is 2.14. The van der Waals surface area contributed by atoms with E-state index in [0.717, 1.165) is 12.1 Å². The number of ether oxygens (including phenoxy) is 2. The minimum absolute atomic E-state index is 0.106. The Balaban J connectivity index is 1.43. The number of rotatable bonds is 6. The summed E-state index contributed by atoms with van der Waals surface area (Å²) < 4.78 is 10.2. The summed E-state index contributed by atoms with van der Waals surface area (Å²) in [5, 5.41) is 10.6. The molecule has 0 bridgehead atoms. The van der Waals surface area contributed by atoms with Crippen LogP contribution in [0.2, 0.25) is 0 Å². The van der Waals surface area contributed by atoms with Crippen LogP contribution in [0.1, 0.15) is 20.7 Å². The number of esters is 1. The molecule has 1 fully saturated rings. The number of carbonyl (C=O) groups is 3. The summed E-state index contributed by atoms with van der Waals surface area (Å²) in [6.45, 7) is 2.03. The van der Waals surface area contributed by atoms with Gasteiger partial charge in [-0.05, 0) is 24.3 Å².